The minimum absolute atomic E-state index is 0.0157. The summed E-state index contributed by atoms with van der Waals surface area (Å²) in [5.74, 6) is 0.109. The molecule has 7 heteroatoms. The van der Waals surface area contributed by atoms with Crippen molar-refractivity contribution >= 4 is 11.7 Å². The molecule has 0 saturated heterocycles. The van der Waals surface area contributed by atoms with Gasteiger partial charge >= 0.3 is 5.97 Å². The third kappa shape index (κ3) is 5.46. The lowest BCUT2D eigenvalue weighted by molar-refractivity contribution is -0.774. The second kappa shape index (κ2) is 10.2. The maximum Gasteiger partial charge on any atom is 0.330 e. The predicted molar refractivity (Wildman–Crippen MR) is 131 cm³/mol. The highest BCUT2D eigenvalue weighted by atomic mass is 16.9. The van der Waals surface area contributed by atoms with Gasteiger partial charge in [0.05, 0.1) is 25.9 Å². The van der Waals surface area contributed by atoms with Crippen molar-refractivity contribution < 1.29 is 28.7 Å². The van der Waals surface area contributed by atoms with Crippen LogP contribution in [0.5, 0.6) is 0 Å². The van der Waals surface area contributed by atoms with E-state index >= 15 is 0 Å². The molecule has 0 N–H and O–H groups in total. The van der Waals surface area contributed by atoms with E-state index in [1.165, 1.54) is 13.2 Å². The van der Waals surface area contributed by atoms with Crippen LogP contribution in [-0.2, 0) is 23.8 Å². The summed E-state index contributed by atoms with van der Waals surface area (Å²) in [7, 11) is 1.37. The van der Waals surface area contributed by atoms with Gasteiger partial charge in [-0.1, -0.05) is 47.6 Å². The highest BCUT2D eigenvalue weighted by Crippen LogP contribution is 2.67. The molecule has 0 aromatic carbocycles. The number of unbranched alkanes of at least 4 members (excludes halogenated alkanes) is 1. The Labute approximate surface area is 205 Å². The van der Waals surface area contributed by atoms with Gasteiger partial charge in [0.2, 0.25) is 5.71 Å². The maximum absolute atomic E-state index is 12.6. The van der Waals surface area contributed by atoms with E-state index < -0.39 is 6.29 Å². The quantitative estimate of drug-likeness (QED) is 0.190. The summed E-state index contributed by atoms with van der Waals surface area (Å²) in [5.41, 5.74) is 0.878. The van der Waals surface area contributed by atoms with Gasteiger partial charge < -0.3 is 19.0 Å². The van der Waals surface area contributed by atoms with Crippen LogP contribution in [0.15, 0.2) is 12.2 Å². The van der Waals surface area contributed by atoms with Crippen molar-refractivity contribution in [3.05, 3.63) is 17.4 Å². The predicted octanol–water partition coefficient (Wildman–Crippen LogP) is 5.41. The summed E-state index contributed by atoms with van der Waals surface area (Å²) in [6, 6.07) is 0. The largest absolute Gasteiger partial charge is 0.466 e. The number of rotatable bonds is 9. The summed E-state index contributed by atoms with van der Waals surface area (Å²) in [5, 5.41) is 12.6. The van der Waals surface area contributed by atoms with Crippen molar-refractivity contribution in [1.29, 1.82) is 0 Å². The Balaban J connectivity index is 1.67. The maximum atomic E-state index is 12.6. The zero-order chi connectivity index (χ0) is 25.3. The van der Waals surface area contributed by atoms with E-state index in [9.17, 15) is 10.0 Å². The summed E-state index contributed by atoms with van der Waals surface area (Å²) in [4.78, 5) is 17.5. The molecule has 3 rings (SSSR count). The van der Waals surface area contributed by atoms with Gasteiger partial charge in [0.15, 0.2) is 6.29 Å². The number of carbonyl (C=O) groups is 1. The highest BCUT2D eigenvalue weighted by molar-refractivity contribution is 5.81. The van der Waals surface area contributed by atoms with E-state index in [0.717, 1.165) is 32.1 Å². The van der Waals surface area contributed by atoms with Crippen molar-refractivity contribution in [2.75, 3.05) is 13.7 Å². The minimum atomic E-state index is -0.582. The van der Waals surface area contributed by atoms with Gasteiger partial charge in [-0.25, -0.2) is 4.79 Å². The smallest absolute Gasteiger partial charge is 0.330 e. The van der Waals surface area contributed by atoms with Gasteiger partial charge in [-0.3, -0.25) is 5.21 Å². The molecule has 2 fully saturated rings. The van der Waals surface area contributed by atoms with Gasteiger partial charge in [-0.15, -0.1) is 0 Å². The first-order valence-corrected chi connectivity index (χ1v) is 12.8. The average Bonchev–Trinajstić information content (AvgIpc) is 3.06. The second-order valence-electron chi connectivity index (χ2n) is 12.4. The third-order valence-corrected chi connectivity index (χ3v) is 8.65. The van der Waals surface area contributed by atoms with Crippen molar-refractivity contribution in [3.63, 3.8) is 0 Å². The SMILES string of the molecule is COC(=O)/C=C\CCC[C@H]1C[C@H](O[C@@H]2[C@H]3CC[C@@](C)([C@@H]2OCC(C)(C)C)C3(C)C)O[N+]([O-])=C1C. The summed E-state index contributed by atoms with van der Waals surface area (Å²) >= 11 is 0. The molecule has 0 aromatic rings. The first-order valence-electron chi connectivity index (χ1n) is 12.8. The molecule has 0 radical (unpaired) electrons. The molecule has 0 unspecified atom stereocenters. The standard InChI is InChI=1S/C27H45NO6/c1-18-19(12-10-9-11-13-21(29)31-8)16-22(34-28(18)30)33-23-20-14-15-27(7,26(20,5)6)24(23)32-17-25(2,3)4/h11,13,19-20,22-24H,9-10,12,14-17H2,1-8H3/b13-11-/t19-,20+,22+,23+,24+,27-/m0/s1. The second-order valence-corrected chi connectivity index (χ2v) is 12.4. The fraction of sp³-hybridized carbons (Fsp3) is 0.852. The molecule has 2 saturated carbocycles. The van der Waals surface area contributed by atoms with E-state index in [0.29, 0.717) is 29.6 Å². The van der Waals surface area contributed by atoms with Crippen LogP contribution in [0.2, 0.25) is 0 Å². The van der Waals surface area contributed by atoms with E-state index in [2.05, 4.69) is 46.3 Å². The Bertz CT molecular complexity index is 797. The van der Waals surface area contributed by atoms with Crippen molar-refractivity contribution in [2.45, 2.75) is 105 Å². The van der Waals surface area contributed by atoms with E-state index in [1.54, 1.807) is 0 Å². The topological polar surface area (TPSA) is 80.1 Å². The van der Waals surface area contributed by atoms with Crippen LogP contribution in [0.4, 0.5) is 0 Å². The third-order valence-electron chi connectivity index (χ3n) is 8.65. The zero-order valence-corrected chi connectivity index (χ0v) is 22.4. The number of hydrogen-bond donors (Lipinski definition) is 0. The molecule has 0 spiro atoms. The fourth-order valence-electron chi connectivity index (χ4n) is 6.10. The number of methoxy groups -OCH3 is 1. The number of nitrogens with zero attached hydrogens (tertiary/aromatic N) is 1. The first-order chi connectivity index (χ1) is 15.8. The molecule has 1 aliphatic heterocycles. The molecule has 2 aliphatic carbocycles. The van der Waals surface area contributed by atoms with Crippen molar-refractivity contribution in [3.8, 4) is 0 Å². The van der Waals surface area contributed by atoms with Crippen molar-refractivity contribution in [1.82, 2.24) is 0 Å². The van der Waals surface area contributed by atoms with E-state index in [4.69, 9.17) is 14.3 Å². The first kappa shape index (κ1) is 27.0. The summed E-state index contributed by atoms with van der Waals surface area (Å²) in [6.45, 7) is 16.1. The van der Waals surface area contributed by atoms with Gasteiger partial charge in [0.1, 0.15) is 0 Å². The molecule has 194 valence electrons. The Morgan fingerprint density at radius 3 is 2.65 bits per heavy atom. The molecule has 6 atom stereocenters. The summed E-state index contributed by atoms with van der Waals surface area (Å²) < 4.78 is 17.8. The number of hydrogen-bond acceptors (Lipinski definition) is 6. The molecule has 2 bridgehead atoms. The van der Waals surface area contributed by atoms with Crippen molar-refractivity contribution in [2.24, 2.45) is 28.1 Å². The Hall–Kier alpha value is -1.60. The highest BCUT2D eigenvalue weighted by Gasteiger charge is 2.67. The Morgan fingerprint density at radius 1 is 1.29 bits per heavy atom. The summed E-state index contributed by atoms with van der Waals surface area (Å²) in [6.07, 6.45) is 7.93. The van der Waals surface area contributed by atoms with Crippen LogP contribution >= 0.6 is 0 Å². The number of ether oxygens (including phenoxy) is 3. The van der Waals surface area contributed by atoms with E-state index in [1.807, 2.05) is 13.0 Å². The van der Waals surface area contributed by atoms with Gasteiger partial charge in [0.25, 0.3) is 0 Å². The molecular formula is C27H45NO6. The van der Waals surface area contributed by atoms with Crippen LogP contribution in [0.1, 0.15) is 87.0 Å². The van der Waals surface area contributed by atoms with Gasteiger partial charge in [-0.2, -0.15) is 0 Å². The number of fused-ring (bicyclic) bond motifs is 2. The number of carbonyl (C=O) groups excluding carboxylic acids is 1. The molecule has 1 heterocycles. The van der Waals surface area contributed by atoms with E-state index in [-0.39, 0.29) is 40.3 Å². The number of allylic oxidation sites excluding steroid dienone is 1. The Kier molecular flexibility index (Phi) is 8.08. The monoisotopic (exact) mass is 479 g/mol. The minimum Gasteiger partial charge on any atom is -0.466 e. The Morgan fingerprint density at radius 2 is 2.00 bits per heavy atom. The molecule has 3 aliphatic rings. The van der Waals surface area contributed by atoms with Crippen LogP contribution in [0, 0.1) is 33.3 Å². The van der Waals surface area contributed by atoms with Gasteiger partial charge in [0, 0.05) is 35.7 Å². The van der Waals surface area contributed by atoms with Crippen LogP contribution in [0.25, 0.3) is 0 Å². The van der Waals surface area contributed by atoms with Crippen LogP contribution in [-0.4, -0.2) is 48.8 Å². The normalized spacial score (nSPS) is 35.1. The molecule has 0 aromatic heterocycles. The average molecular weight is 480 g/mol. The molecule has 34 heavy (non-hydrogen) atoms. The zero-order valence-electron chi connectivity index (χ0n) is 22.4. The number of esters is 1. The fourth-order valence-corrected chi connectivity index (χ4v) is 6.10. The van der Waals surface area contributed by atoms with Crippen LogP contribution < -0.4 is 0 Å². The lowest BCUT2D eigenvalue weighted by Crippen LogP contribution is -2.47. The van der Waals surface area contributed by atoms with Gasteiger partial charge in [-0.05, 0) is 48.9 Å². The lowest BCUT2D eigenvalue weighted by Gasteiger charge is -2.42. The van der Waals surface area contributed by atoms with Crippen LogP contribution in [0.3, 0.4) is 0 Å². The molecule has 0 amide bonds. The molecule has 7 nitrogen and oxygen atoms in total. The molecular weight excluding hydrogens is 434 g/mol. The lowest BCUT2D eigenvalue weighted by atomic mass is 9.70.